The second-order valence-electron chi connectivity index (χ2n) is 1.72. The number of hydrogen-bond acceptors (Lipinski definition) is 3. The number of nitrogens with one attached hydrogen (secondary N) is 1. The van der Waals surface area contributed by atoms with Crippen molar-refractivity contribution in [1.82, 2.24) is 5.32 Å². The van der Waals surface area contributed by atoms with Crippen LogP contribution in [-0.4, -0.2) is 24.5 Å². The molecule has 0 rings (SSSR count). The van der Waals surface area contributed by atoms with Gasteiger partial charge in [0.2, 0.25) is 18.5 Å². The summed E-state index contributed by atoms with van der Waals surface area (Å²) < 4.78 is 0. The molecule has 2 radical (unpaired) electrons. The largest absolute Gasteiger partial charge is 0.346 e. The van der Waals surface area contributed by atoms with Gasteiger partial charge in [-0.3, -0.25) is 14.4 Å². The van der Waals surface area contributed by atoms with Gasteiger partial charge < -0.3 is 5.32 Å². The lowest BCUT2D eigenvalue weighted by atomic mass is 10.2. The van der Waals surface area contributed by atoms with Crippen molar-refractivity contribution in [3.8, 4) is 0 Å². The molecule has 1 N–H and O–H groups in total. The maximum absolute atomic E-state index is 10.3. The number of carbonyl (C=O) groups excluding carboxylic acids is 3. The highest BCUT2D eigenvalue weighted by molar-refractivity contribution is 5.78. The van der Waals surface area contributed by atoms with Crippen LogP contribution in [0.4, 0.5) is 0 Å². The zero-order valence-electron chi connectivity index (χ0n) is 5.51. The Hall–Kier alpha value is -1.19. The van der Waals surface area contributed by atoms with Crippen LogP contribution in [0.15, 0.2) is 0 Å². The van der Waals surface area contributed by atoms with Crippen molar-refractivity contribution in [3.05, 3.63) is 0 Å². The van der Waals surface area contributed by atoms with E-state index in [4.69, 9.17) is 0 Å². The summed E-state index contributed by atoms with van der Waals surface area (Å²) in [6.07, 6.45) is 2.85. The molecule has 0 aliphatic rings. The second-order valence-corrected chi connectivity index (χ2v) is 1.72. The van der Waals surface area contributed by atoms with Crippen LogP contribution in [0.5, 0.6) is 0 Å². The zero-order chi connectivity index (χ0) is 7.98. The standard InChI is InChI=1S/C6H7NO3/c1-5(10)7-6(4-9)2-3-8/h6H,2H2,1H3,(H,7,10)/t6-/m0/s1. The fraction of sp³-hybridized carbons (Fsp3) is 0.500. The Bertz CT molecular complexity index is 144. The minimum Gasteiger partial charge on any atom is -0.346 e. The number of hydrogen-bond donors (Lipinski definition) is 1. The lowest BCUT2D eigenvalue weighted by molar-refractivity contribution is -0.119. The van der Waals surface area contributed by atoms with Crippen molar-refractivity contribution in [2.75, 3.05) is 0 Å². The molecule has 4 heteroatoms. The van der Waals surface area contributed by atoms with Gasteiger partial charge in [-0.1, -0.05) is 0 Å². The molecule has 0 saturated heterocycles. The van der Waals surface area contributed by atoms with Crippen LogP contribution in [0.1, 0.15) is 13.3 Å². The molecular weight excluding hydrogens is 134 g/mol. The average molecular weight is 141 g/mol. The second kappa shape index (κ2) is 4.67. The van der Waals surface area contributed by atoms with Gasteiger partial charge in [-0.05, 0) is 0 Å². The maximum Gasteiger partial charge on any atom is 0.223 e. The molecule has 0 saturated carbocycles. The highest BCUT2D eigenvalue weighted by Gasteiger charge is 2.07. The van der Waals surface area contributed by atoms with E-state index in [1.165, 1.54) is 19.5 Å². The Labute approximate surface area is 58.6 Å². The van der Waals surface area contributed by atoms with Crippen LogP contribution in [0.3, 0.4) is 0 Å². The molecule has 0 aliphatic heterocycles. The molecule has 4 nitrogen and oxygen atoms in total. The highest BCUT2D eigenvalue weighted by Crippen LogP contribution is 1.82. The molecule has 1 amide bonds. The Morgan fingerprint density at radius 1 is 1.60 bits per heavy atom. The average Bonchev–Trinajstić information content (AvgIpc) is 1.86. The first-order valence-electron chi connectivity index (χ1n) is 2.70. The van der Waals surface area contributed by atoms with Gasteiger partial charge >= 0.3 is 0 Å². The van der Waals surface area contributed by atoms with E-state index in [0.29, 0.717) is 0 Å². The van der Waals surface area contributed by atoms with E-state index in [2.05, 4.69) is 5.32 Å². The molecule has 0 aliphatic carbocycles. The first kappa shape index (κ1) is 8.81. The van der Waals surface area contributed by atoms with Crippen molar-refractivity contribution in [3.63, 3.8) is 0 Å². The fourth-order valence-corrected chi connectivity index (χ4v) is 0.451. The van der Waals surface area contributed by atoms with Crippen molar-refractivity contribution in [2.45, 2.75) is 19.4 Å². The smallest absolute Gasteiger partial charge is 0.223 e. The summed E-state index contributed by atoms with van der Waals surface area (Å²) in [5.74, 6) is -0.358. The minimum atomic E-state index is -0.838. The molecule has 54 valence electrons. The van der Waals surface area contributed by atoms with Gasteiger partial charge in [-0.2, -0.15) is 0 Å². The van der Waals surface area contributed by atoms with Crippen LogP contribution >= 0.6 is 0 Å². The third kappa shape index (κ3) is 3.77. The first-order chi connectivity index (χ1) is 4.70. The van der Waals surface area contributed by atoms with Gasteiger partial charge in [-0.15, -0.1) is 0 Å². The SMILES string of the molecule is CC(=O)N[C@H]([C]=O)C[C]=O. The van der Waals surface area contributed by atoms with Crippen LogP contribution in [0.25, 0.3) is 0 Å². The van der Waals surface area contributed by atoms with Crippen LogP contribution in [0.2, 0.25) is 0 Å². The lowest BCUT2D eigenvalue weighted by Crippen LogP contribution is -2.34. The van der Waals surface area contributed by atoms with E-state index in [9.17, 15) is 14.4 Å². The minimum absolute atomic E-state index is 0.136. The molecule has 0 unspecified atom stereocenters. The molecule has 0 heterocycles. The van der Waals surface area contributed by atoms with Crippen LogP contribution in [0, 0.1) is 0 Å². The first-order valence-corrected chi connectivity index (χ1v) is 2.70. The Morgan fingerprint density at radius 2 is 2.20 bits per heavy atom. The third-order valence-corrected chi connectivity index (χ3v) is 0.807. The molecule has 0 fully saturated rings. The van der Waals surface area contributed by atoms with Gasteiger partial charge in [0.15, 0.2) is 0 Å². The lowest BCUT2D eigenvalue weighted by Gasteiger charge is -2.03. The van der Waals surface area contributed by atoms with Gasteiger partial charge in [0.25, 0.3) is 0 Å². The van der Waals surface area contributed by atoms with E-state index in [1.54, 1.807) is 0 Å². The summed E-state index contributed by atoms with van der Waals surface area (Å²) >= 11 is 0. The van der Waals surface area contributed by atoms with Gasteiger partial charge in [0, 0.05) is 13.3 Å². The van der Waals surface area contributed by atoms with E-state index >= 15 is 0 Å². The van der Waals surface area contributed by atoms with Crippen LogP contribution in [-0.2, 0) is 14.4 Å². The Kier molecular flexibility index (Phi) is 4.11. The molecule has 1 atom stereocenters. The zero-order valence-corrected chi connectivity index (χ0v) is 5.51. The van der Waals surface area contributed by atoms with Crippen molar-refractivity contribution in [2.24, 2.45) is 0 Å². The van der Waals surface area contributed by atoms with E-state index in [-0.39, 0.29) is 12.3 Å². The molecular formula is C6H7NO3. The normalized spacial score (nSPS) is 11.7. The van der Waals surface area contributed by atoms with Crippen molar-refractivity contribution in [1.29, 1.82) is 0 Å². The quantitative estimate of drug-likeness (QED) is 0.551. The molecule has 0 bridgehead atoms. The predicted octanol–water partition coefficient (Wildman–Crippen LogP) is -0.899. The Morgan fingerprint density at radius 3 is 2.50 bits per heavy atom. The van der Waals surface area contributed by atoms with Gasteiger partial charge in [-0.25, -0.2) is 0 Å². The van der Waals surface area contributed by atoms with E-state index in [1.807, 2.05) is 0 Å². The molecule has 10 heavy (non-hydrogen) atoms. The maximum atomic E-state index is 10.3. The van der Waals surface area contributed by atoms with Crippen molar-refractivity contribution >= 4 is 18.5 Å². The monoisotopic (exact) mass is 141 g/mol. The summed E-state index contributed by atoms with van der Waals surface area (Å²) in [5, 5.41) is 2.21. The summed E-state index contributed by atoms with van der Waals surface area (Å²) in [4.78, 5) is 29.9. The summed E-state index contributed by atoms with van der Waals surface area (Å²) in [5.41, 5.74) is 0. The third-order valence-electron chi connectivity index (χ3n) is 0.807. The van der Waals surface area contributed by atoms with Crippen molar-refractivity contribution < 1.29 is 14.4 Å². The molecule has 0 spiro atoms. The molecule has 0 aromatic rings. The molecule has 0 aromatic heterocycles. The summed E-state index contributed by atoms with van der Waals surface area (Å²) in [7, 11) is 0. The van der Waals surface area contributed by atoms with Gasteiger partial charge in [0.1, 0.15) is 6.04 Å². The fourth-order valence-electron chi connectivity index (χ4n) is 0.451. The van der Waals surface area contributed by atoms with Gasteiger partial charge in [0.05, 0.1) is 0 Å². The van der Waals surface area contributed by atoms with E-state index < -0.39 is 6.04 Å². The topological polar surface area (TPSA) is 63.2 Å². The Balaban J connectivity index is 3.70. The summed E-state index contributed by atoms with van der Waals surface area (Å²) in [6.45, 7) is 1.26. The van der Waals surface area contributed by atoms with Crippen LogP contribution < -0.4 is 5.32 Å². The summed E-state index contributed by atoms with van der Waals surface area (Å²) in [6, 6.07) is -0.838. The van der Waals surface area contributed by atoms with E-state index in [0.717, 1.165) is 0 Å². The highest BCUT2D eigenvalue weighted by atomic mass is 16.2. The number of rotatable bonds is 4. The number of amides is 1. The number of carbonyl (C=O) groups is 1. The predicted molar refractivity (Wildman–Crippen MR) is 33.6 cm³/mol. The molecule has 0 aromatic carbocycles.